The second kappa shape index (κ2) is 10.8. The number of carbonyl (C=O) groups is 2. The van der Waals surface area contributed by atoms with Crippen LogP contribution in [0.4, 0.5) is 4.39 Å². The largest absolute Gasteiger partial charge is 0.481 e. The van der Waals surface area contributed by atoms with E-state index in [1.165, 1.54) is 23.1 Å². The van der Waals surface area contributed by atoms with E-state index in [0.29, 0.717) is 11.6 Å². The van der Waals surface area contributed by atoms with E-state index in [1.54, 1.807) is 31.2 Å². The Morgan fingerprint density at radius 3 is 2.52 bits per heavy atom. The molecule has 0 aliphatic carbocycles. The number of para-hydroxylation sites is 1. The molecule has 2 amide bonds. The molecule has 5 nitrogen and oxygen atoms in total. The van der Waals surface area contributed by atoms with Gasteiger partial charge in [-0.05, 0) is 42.7 Å². The summed E-state index contributed by atoms with van der Waals surface area (Å²) in [5, 5.41) is 3.37. The number of hydrogen-bond acceptors (Lipinski definition) is 3. The van der Waals surface area contributed by atoms with Gasteiger partial charge in [-0.3, -0.25) is 9.59 Å². The van der Waals surface area contributed by atoms with Gasteiger partial charge in [0.1, 0.15) is 6.04 Å². The molecule has 2 aromatic rings. The van der Waals surface area contributed by atoms with E-state index in [-0.39, 0.29) is 30.7 Å². The molecule has 0 bridgehead atoms. The fourth-order valence-electron chi connectivity index (χ4n) is 2.65. The highest BCUT2D eigenvalue weighted by atomic mass is 35.5. The predicted molar refractivity (Wildman–Crippen MR) is 111 cm³/mol. The van der Waals surface area contributed by atoms with Gasteiger partial charge in [0.05, 0.1) is 0 Å². The van der Waals surface area contributed by atoms with E-state index in [4.69, 9.17) is 16.3 Å². The van der Waals surface area contributed by atoms with E-state index < -0.39 is 17.8 Å². The van der Waals surface area contributed by atoms with Gasteiger partial charge in [0, 0.05) is 18.1 Å². The van der Waals surface area contributed by atoms with Crippen LogP contribution in [0.5, 0.6) is 5.75 Å². The fourth-order valence-corrected chi connectivity index (χ4v) is 2.86. The molecule has 156 valence electrons. The minimum atomic E-state index is -0.732. The number of amides is 2. The lowest BCUT2D eigenvalue weighted by molar-refractivity contribution is -0.142. The third-order valence-electron chi connectivity index (χ3n) is 4.28. The summed E-state index contributed by atoms with van der Waals surface area (Å²) in [5.74, 6) is -0.974. The van der Waals surface area contributed by atoms with Crippen molar-refractivity contribution in [2.75, 3.05) is 13.2 Å². The molecule has 0 radical (unpaired) electrons. The zero-order chi connectivity index (χ0) is 21.4. The van der Waals surface area contributed by atoms with Crippen molar-refractivity contribution in [3.63, 3.8) is 0 Å². The molecule has 0 unspecified atom stereocenters. The number of halogens is 2. The molecule has 1 atom stereocenters. The Labute approximate surface area is 175 Å². The van der Waals surface area contributed by atoms with E-state index in [1.807, 2.05) is 19.9 Å². The van der Waals surface area contributed by atoms with Crippen LogP contribution in [-0.2, 0) is 16.1 Å². The predicted octanol–water partition coefficient (Wildman–Crippen LogP) is 4.05. The van der Waals surface area contributed by atoms with Crippen molar-refractivity contribution in [1.82, 2.24) is 10.2 Å². The lowest BCUT2D eigenvalue weighted by Gasteiger charge is -2.29. The van der Waals surface area contributed by atoms with Gasteiger partial charge in [-0.15, -0.1) is 0 Å². The van der Waals surface area contributed by atoms with Crippen molar-refractivity contribution in [3.05, 3.63) is 64.9 Å². The van der Waals surface area contributed by atoms with Crippen molar-refractivity contribution in [3.8, 4) is 5.75 Å². The van der Waals surface area contributed by atoms with Gasteiger partial charge >= 0.3 is 0 Å². The molecule has 1 N–H and O–H groups in total. The van der Waals surface area contributed by atoms with Crippen LogP contribution >= 0.6 is 11.6 Å². The molecular formula is C22H26ClFN2O3. The van der Waals surface area contributed by atoms with Crippen LogP contribution < -0.4 is 10.1 Å². The molecule has 29 heavy (non-hydrogen) atoms. The summed E-state index contributed by atoms with van der Waals surface area (Å²) >= 11 is 6.04. The molecule has 0 spiro atoms. The summed E-state index contributed by atoms with van der Waals surface area (Å²) < 4.78 is 19.1. The van der Waals surface area contributed by atoms with Crippen LogP contribution in [0.15, 0.2) is 48.5 Å². The summed E-state index contributed by atoms with van der Waals surface area (Å²) in [5.41, 5.74) is 0.778. The van der Waals surface area contributed by atoms with Crippen LogP contribution in [0.3, 0.4) is 0 Å². The van der Waals surface area contributed by atoms with Gasteiger partial charge < -0.3 is 15.0 Å². The molecule has 0 aliphatic heterocycles. The molecule has 0 saturated heterocycles. The Morgan fingerprint density at radius 1 is 1.14 bits per heavy atom. The highest BCUT2D eigenvalue weighted by Gasteiger charge is 2.26. The molecule has 7 heteroatoms. The first-order valence-electron chi connectivity index (χ1n) is 9.47. The Hall–Kier alpha value is -2.60. The van der Waals surface area contributed by atoms with Crippen molar-refractivity contribution < 1.29 is 18.7 Å². The van der Waals surface area contributed by atoms with Gasteiger partial charge in [0.15, 0.2) is 18.2 Å². The molecule has 0 saturated carbocycles. The van der Waals surface area contributed by atoms with E-state index in [0.717, 1.165) is 5.56 Å². The first-order chi connectivity index (χ1) is 13.8. The SMILES string of the molecule is CC(C)CNC(=O)[C@@H](C)N(Cc1cccc(Cl)c1)C(=O)COc1ccccc1F. The van der Waals surface area contributed by atoms with E-state index in [9.17, 15) is 14.0 Å². The third kappa shape index (κ3) is 7.06. The Balaban J connectivity index is 2.14. The number of carbonyl (C=O) groups excluding carboxylic acids is 2. The zero-order valence-corrected chi connectivity index (χ0v) is 17.6. The van der Waals surface area contributed by atoms with Crippen molar-refractivity contribution in [1.29, 1.82) is 0 Å². The maximum absolute atomic E-state index is 13.8. The molecule has 0 heterocycles. The second-order valence-electron chi connectivity index (χ2n) is 7.19. The molecule has 2 rings (SSSR count). The first-order valence-corrected chi connectivity index (χ1v) is 9.84. The summed E-state index contributed by atoms with van der Waals surface area (Å²) in [4.78, 5) is 26.8. The van der Waals surface area contributed by atoms with Crippen LogP contribution in [-0.4, -0.2) is 35.9 Å². The van der Waals surface area contributed by atoms with Crippen molar-refractivity contribution in [2.24, 2.45) is 5.92 Å². The van der Waals surface area contributed by atoms with Crippen molar-refractivity contribution >= 4 is 23.4 Å². The average Bonchev–Trinajstić information content (AvgIpc) is 2.69. The Kier molecular flexibility index (Phi) is 8.46. The van der Waals surface area contributed by atoms with Crippen LogP contribution in [0.25, 0.3) is 0 Å². The average molecular weight is 421 g/mol. The van der Waals surface area contributed by atoms with Gasteiger partial charge in [-0.25, -0.2) is 4.39 Å². The van der Waals surface area contributed by atoms with E-state index in [2.05, 4.69) is 5.32 Å². The maximum Gasteiger partial charge on any atom is 0.261 e. The number of ether oxygens (including phenoxy) is 1. The maximum atomic E-state index is 13.8. The van der Waals surface area contributed by atoms with Crippen LogP contribution in [0.1, 0.15) is 26.3 Å². The highest BCUT2D eigenvalue weighted by molar-refractivity contribution is 6.30. The fraction of sp³-hybridized carbons (Fsp3) is 0.364. The number of nitrogens with one attached hydrogen (secondary N) is 1. The zero-order valence-electron chi connectivity index (χ0n) is 16.8. The number of rotatable bonds is 9. The Morgan fingerprint density at radius 2 is 1.86 bits per heavy atom. The van der Waals surface area contributed by atoms with Gasteiger partial charge in [0.2, 0.25) is 5.91 Å². The summed E-state index contributed by atoms with van der Waals surface area (Å²) in [7, 11) is 0. The summed E-state index contributed by atoms with van der Waals surface area (Å²) in [6.07, 6.45) is 0. The first kappa shape index (κ1) is 22.7. The molecule has 0 aromatic heterocycles. The Bertz CT molecular complexity index is 844. The van der Waals surface area contributed by atoms with E-state index >= 15 is 0 Å². The van der Waals surface area contributed by atoms with Crippen molar-refractivity contribution in [2.45, 2.75) is 33.4 Å². The number of hydrogen-bond donors (Lipinski definition) is 1. The third-order valence-corrected chi connectivity index (χ3v) is 4.52. The molecule has 0 aliphatic rings. The van der Waals surface area contributed by atoms with Crippen LogP contribution in [0, 0.1) is 11.7 Å². The van der Waals surface area contributed by atoms with Crippen LogP contribution in [0.2, 0.25) is 5.02 Å². The lowest BCUT2D eigenvalue weighted by Crippen LogP contribution is -2.49. The second-order valence-corrected chi connectivity index (χ2v) is 7.62. The monoisotopic (exact) mass is 420 g/mol. The quantitative estimate of drug-likeness (QED) is 0.665. The number of nitrogens with zero attached hydrogens (tertiary/aromatic N) is 1. The smallest absolute Gasteiger partial charge is 0.261 e. The summed E-state index contributed by atoms with van der Waals surface area (Å²) in [6, 6.07) is 12.2. The van der Waals surface area contributed by atoms with Gasteiger partial charge in [-0.2, -0.15) is 0 Å². The molecule has 2 aromatic carbocycles. The topological polar surface area (TPSA) is 58.6 Å². The summed E-state index contributed by atoms with van der Waals surface area (Å²) in [6.45, 7) is 5.93. The minimum Gasteiger partial charge on any atom is -0.481 e. The highest BCUT2D eigenvalue weighted by Crippen LogP contribution is 2.17. The minimum absolute atomic E-state index is 0.0135. The van der Waals surface area contributed by atoms with Gasteiger partial charge in [-0.1, -0.05) is 49.7 Å². The standard InChI is InChI=1S/C22H26ClFN2O3/c1-15(2)12-25-22(28)16(3)26(13-17-7-6-8-18(23)11-17)21(27)14-29-20-10-5-4-9-19(20)24/h4-11,15-16H,12-14H2,1-3H3,(H,25,28)/t16-/m1/s1. The molecular weight excluding hydrogens is 395 g/mol. The molecule has 0 fully saturated rings. The number of benzene rings is 2. The lowest BCUT2D eigenvalue weighted by atomic mass is 10.1. The normalized spacial score (nSPS) is 11.8. The van der Waals surface area contributed by atoms with Gasteiger partial charge in [0.25, 0.3) is 5.91 Å².